The van der Waals surface area contributed by atoms with Gasteiger partial charge in [-0.1, -0.05) is 0 Å². The summed E-state index contributed by atoms with van der Waals surface area (Å²) >= 11 is 0. The van der Waals surface area contributed by atoms with Crippen LogP contribution in [-0.2, 0) is 6.18 Å². The highest BCUT2D eigenvalue weighted by Gasteiger charge is 2.38. The van der Waals surface area contributed by atoms with Gasteiger partial charge in [0.25, 0.3) is 5.91 Å². The van der Waals surface area contributed by atoms with E-state index in [1.165, 1.54) is 0 Å². The van der Waals surface area contributed by atoms with E-state index in [1.807, 2.05) is 4.98 Å². The number of rotatable bonds is 3. The number of nitrogens with zero attached hydrogens (tertiary/aromatic N) is 2. The maximum absolute atomic E-state index is 12.7. The molecule has 2 N–H and O–H groups in total. The molecule has 1 aromatic heterocycles. The number of alkyl halides is 3. The highest BCUT2D eigenvalue weighted by atomic mass is 19.4. The van der Waals surface area contributed by atoms with E-state index in [4.69, 9.17) is 0 Å². The molecule has 0 saturated carbocycles. The lowest BCUT2D eigenvalue weighted by Crippen LogP contribution is -2.46. The standard InChI is InChI=1S/C13H19F3N4O/c1-8(2)20-5-3-9(4-6-20)19-12(21)10-11(13(14,15)16)18-7-17-10/h7-9H,3-6H2,1-2H3,(H,17,18)(H,19,21). The first-order valence-corrected chi connectivity index (χ1v) is 6.94. The van der Waals surface area contributed by atoms with Crippen LogP contribution in [0.3, 0.4) is 0 Å². The first-order chi connectivity index (χ1) is 9.79. The molecule has 0 aliphatic carbocycles. The van der Waals surface area contributed by atoms with Gasteiger partial charge in [-0.05, 0) is 26.7 Å². The lowest BCUT2D eigenvalue weighted by Gasteiger charge is -2.34. The maximum Gasteiger partial charge on any atom is 0.433 e. The quantitative estimate of drug-likeness (QED) is 0.898. The van der Waals surface area contributed by atoms with E-state index in [2.05, 4.69) is 29.0 Å². The van der Waals surface area contributed by atoms with Crippen LogP contribution in [0.2, 0.25) is 0 Å². The zero-order valence-electron chi connectivity index (χ0n) is 12.0. The van der Waals surface area contributed by atoms with Gasteiger partial charge >= 0.3 is 6.18 Å². The minimum atomic E-state index is -4.61. The zero-order chi connectivity index (χ0) is 15.6. The normalized spacial score (nSPS) is 18.2. The van der Waals surface area contributed by atoms with Crippen LogP contribution in [0.4, 0.5) is 13.2 Å². The summed E-state index contributed by atoms with van der Waals surface area (Å²) in [6, 6.07) is 0.329. The Morgan fingerprint density at radius 3 is 2.57 bits per heavy atom. The molecular weight excluding hydrogens is 285 g/mol. The van der Waals surface area contributed by atoms with Crippen molar-refractivity contribution in [3.63, 3.8) is 0 Å². The second-order valence-electron chi connectivity index (χ2n) is 5.50. The summed E-state index contributed by atoms with van der Waals surface area (Å²) in [5.41, 5.74) is -1.69. The molecule has 21 heavy (non-hydrogen) atoms. The van der Waals surface area contributed by atoms with Gasteiger partial charge in [-0.25, -0.2) is 4.98 Å². The number of H-pyrrole nitrogens is 1. The molecule has 118 valence electrons. The van der Waals surface area contributed by atoms with E-state index in [-0.39, 0.29) is 6.04 Å². The van der Waals surface area contributed by atoms with Crippen LogP contribution < -0.4 is 5.32 Å². The van der Waals surface area contributed by atoms with E-state index in [0.717, 1.165) is 32.3 Å². The number of hydrogen-bond donors (Lipinski definition) is 2. The summed E-state index contributed by atoms with van der Waals surface area (Å²) in [6.07, 6.45) is -2.26. The second kappa shape index (κ2) is 6.05. The van der Waals surface area contributed by atoms with Crippen molar-refractivity contribution in [1.29, 1.82) is 0 Å². The van der Waals surface area contributed by atoms with E-state index in [1.54, 1.807) is 0 Å². The average molecular weight is 304 g/mol. The Labute approximate surface area is 120 Å². The van der Waals surface area contributed by atoms with Gasteiger partial charge in [0.05, 0.1) is 6.33 Å². The second-order valence-corrected chi connectivity index (χ2v) is 5.50. The van der Waals surface area contributed by atoms with Crippen LogP contribution in [0.15, 0.2) is 6.33 Å². The number of likely N-dealkylation sites (tertiary alicyclic amines) is 1. The molecule has 0 atom stereocenters. The van der Waals surface area contributed by atoms with Crippen molar-refractivity contribution in [2.24, 2.45) is 0 Å². The predicted molar refractivity (Wildman–Crippen MR) is 70.8 cm³/mol. The first kappa shape index (κ1) is 15.8. The van der Waals surface area contributed by atoms with Crippen molar-refractivity contribution >= 4 is 5.91 Å². The van der Waals surface area contributed by atoms with Crippen molar-refractivity contribution < 1.29 is 18.0 Å². The lowest BCUT2D eigenvalue weighted by atomic mass is 10.0. The number of hydrogen-bond acceptors (Lipinski definition) is 3. The number of carbonyl (C=O) groups excluding carboxylic acids is 1. The third-order valence-corrected chi connectivity index (χ3v) is 3.73. The van der Waals surface area contributed by atoms with Crippen molar-refractivity contribution in [3.8, 4) is 0 Å². The SMILES string of the molecule is CC(C)N1CCC(NC(=O)c2nc[nH]c2C(F)(F)F)CC1. The Hall–Kier alpha value is -1.57. The summed E-state index contributed by atoms with van der Waals surface area (Å²) in [5, 5.41) is 2.65. The largest absolute Gasteiger partial charge is 0.433 e. The molecule has 1 amide bonds. The lowest BCUT2D eigenvalue weighted by molar-refractivity contribution is -0.141. The van der Waals surface area contributed by atoms with Crippen LogP contribution in [0.1, 0.15) is 42.9 Å². The van der Waals surface area contributed by atoms with Crippen LogP contribution in [0.5, 0.6) is 0 Å². The number of imidazole rings is 1. The maximum atomic E-state index is 12.7. The molecule has 1 saturated heterocycles. The van der Waals surface area contributed by atoms with Crippen LogP contribution in [0.25, 0.3) is 0 Å². The Kier molecular flexibility index (Phi) is 4.55. The van der Waals surface area contributed by atoms with Gasteiger partial charge in [0.15, 0.2) is 11.4 Å². The Bertz CT molecular complexity index is 490. The molecule has 1 aliphatic heterocycles. The first-order valence-electron chi connectivity index (χ1n) is 6.94. The minimum absolute atomic E-state index is 0.106. The number of aromatic amines is 1. The molecule has 2 heterocycles. The highest BCUT2D eigenvalue weighted by Crippen LogP contribution is 2.29. The Morgan fingerprint density at radius 2 is 2.05 bits per heavy atom. The smallest absolute Gasteiger partial charge is 0.348 e. The molecular formula is C13H19F3N4O. The summed E-state index contributed by atoms with van der Waals surface area (Å²) < 4.78 is 38.1. The minimum Gasteiger partial charge on any atom is -0.348 e. The number of amides is 1. The van der Waals surface area contributed by atoms with Gasteiger partial charge in [0.2, 0.25) is 0 Å². The third-order valence-electron chi connectivity index (χ3n) is 3.73. The van der Waals surface area contributed by atoms with E-state index in [9.17, 15) is 18.0 Å². The van der Waals surface area contributed by atoms with Crippen LogP contribution >= 0.6 is 0 Å². The molecule has 0 radical (unpaired) electrons. The molecule has 1 fully saturated rings. The topological polar surface area (TPSA) is 61.0 Å². The third kappa shape index (κ3) is 3.75. The molecule has 0 bridgehead atoms. The van der Waals surface area contributed by atoms with E-state index < -0.39 is 23.5 Å². The van der Waals surface area contributed by atoms with E-state index >= 15 is 0 Å². The van der Waals surface area contributed by atoms with Crippen molar-refractivity contribution in [2.45, 2.75) is 44.9 Å². The number of carbonyl (C=O) groups is 1. The fourth-order valence-electron chi connectivity index (χ4n) is 2.50. The van der Waals surface area contributed by atoms with Crippen LogP contribution in [-0.4, -0.2) is 45.9 Å². The van der Waals surface area contributed by atoms with Gasteiger partial charge in [-0.2, -0.15) is 13.2 Å². The van der Waals surface area contributed by atoms with Gasteiger partial charge in [0, 0.05) is 25.2 Å². The van der Waals surface area contributed by atoms with Crippen molar-refractivity contribution in [3.05, 3.63) is 17.7 Å². The van der Waals surface area contributed by atoms with Gasteiger partial charge < -0.3 is 15.2 Å². The molecule has 0 aromatic carbocycles. The number of nitrogens with one attached hydrogen (secondary N) is 2. The van der Waals surface area contributed by atoms with E-state index in [0.29, 0.717) is 6.04 Å². The molecule has 0 spiro atoms. The van der Waals surface area contributed by atoms with Gasteiger partial charge in [-0.15, -0.1) is 0 Å². The zero-order valence-corrected chi connectivity index (χ0v) is 12.0. The van der Waals surface area contributed by atoms with Gasteiger partial charge in [-0.3, -0.25) is 4.79 Å². The molecule has 8 heteroatoms. The summed E-state index contributed by atoms with van der Waals surface area (Å²) in [5.74, 6) is -0.772. The number of aromatic nitrogens is 2. The van der Waals surface area contributed by atoms with Gasteiger partial charge in [0.1, 0.15) is 0 Å². The highest BCUT2D eigenvalue weighted by molar-refractivity contribution is 5.93. The monoisotopic (exact) mass is 304 g/mol. The molecule has 1 aromatic rings. The fraction of sp³-hybridized carbons (Fsp3) is 0.692. The van der Waals surface area contributed by atoms with Crippen LogP contribution in [0, 0.1) is 0 Å². The molecule has 2 rings (SSSR count). The van der Waals surface area contributed by atoms with Crippen molar-refractivity contribution in [1.82, 2.24) is 20.2 Å². The molecule has 0 unspecified atom stereocenters. The number of piperidine rings is 1. The summed E-state index contributed by atoms with van der Waals surface area (Å²) in [6.45, 7) is 5.85. The van der Waals surface area contributed by atoms with Crippen molar-refractivity contribution in [2.75, 3.05) is 13.1 Å². The molecule has 1 aliphatic rings. The Morgan fingerprint density at radius 1 is 1.43 bits per heavy atom. The fourth-order valence-corrected chi connectivity index (χ4v) is 2.50. The average Bonchev–Trinajstić information content (AvgIpc) is 2.88. The number of halogens is 3. The molecule has 5 nitrogen and oxygen atoms in total. The summed E-state index contributed by atoms with van der Waals surface area (Å²) in [4.78, 5) is 19.7. The summed E-state index contributed by atoms with van der Waals surface area (Å²) in [7, 11) is 0. The Balaban J connectivity index is 1.96. The predicted octanol–water partition coefficient (Wildman–Crippen LogP) is 2.03.